The largest absolute Gasteiger partial charge is 0.325 e. The summed E-state index contributed by atoms with van der Waals surface area (Å²) in [6.07, 6.45) is 1.60. The van der Waals surface area contributed by atoms with Gasteiger partial charge in [-0.2, -0.15) is 0 Å². The summed E-state index contributed by atoms with van der Waals surface area (Å²) in [5, 5.41) is 2.82. The molecule has 2 aromatic carbocycles. The Bertz CT molecular complexity index is 1210. The van der Waals surface area contributed by atoms with Crippen molar-refractivity contribution in [2.45, 2.75) is 38.6 Å². The van der Waals surface area contributed by atoms with Crippen molar-refractivity contribution < 1.29 is 22.8 Å². The summed E-state index contributed by atoms with van der Waals surface area (Å²) in [6, 6.07) is 13.3. The number of urea groups is 1. The third kappa shape index (κ3) is 3.90. The van der Waals surface area contributed by atoms with Crippen molar-refractivity contribution in [2.75, 3.05) is 23.1 Å². The summed E-state index contributed by atoms with van der Waals surface area (Å²) in [6.45, 7) is 3.49. The van der Waals surface area contributed by atoms with Crippen LogP contribution in [0.25, 0.3) is 0 Å². The van der Waals surface area contributed by atoms with Crippen molar-refractivity contribution in [1.82, 2.24) is 10.2 Å². The van der Waals surface area contributed by atoms with E-state index in [1.165, 1.54) is 4.31 Å². The van der Waals surface area contributed by atoms with E-state index in [9.17, 15) is 22.8 Å². The van der Waals surface area contributed by atoms with Gasteiger partial charge in [0.2, 0.25) is 10.0 Å². The smallest absolute Gasteiger partial charge is 0.319 e. The molecule has 0 spiro atoms. The molecule has 0 aliphatic carbocycles. The number of anilines is 1. The first-order valence-electron chi connectivity index (χ1n) is 11.1. The molecule has 0 saturated carbocycles. The molecule has 0 radical (unpaired) electrons. The maximum absolute atomic E-state index is 13.4. The number of imide groups is 1. The SMILES string of the molecule is CCCC1(c2ccccc2)NC(=O)N(CC(=O)c2ccc3c(c2)CCN3S(=O)(=O)CC)C1=O. The van der Waals surface area contributed by atoms with E-state index >= 15 is 0 Å². The number of nitrogens with zero attached hydrogens (tertiary/aromatic N) is 2. The van der Waals surface area contributed by atoms with Gasteiger partial charge in [0.05, 0.1) is 18.0 Å². The molecule has 0 aromatic heterocycles. The van der Waals surface area contributed by atoms with Crippen LogP contribution in [0.5, 0.6) is 0 Å². The second-order valence-electron chi connectivity index (χ2n) is 8.33. The molecular formula is C24H27N3O5S. The van der Waals surface area contributed by atoms with Crippen molar-refractivity contribution >= 4 is 33.4 Å². The molecule has 1 saturated heterocycles. The van der Waals surface area contributed by atoms with E-state index in [-0.39, 0.29) is 18.1 Å². The number of carbonyl (C=O) groups is 3. The van der Waals surface area contributed by atoms with E-state index in [1.54, 1.807) is 37.3 Å². The zero-order valence-electron chi connectivity index (χ0n) is 18.7. The number of benzene rings is 2. The van der Waals surface area contributed by atoms with Crippen LogP contribution in [0.3, 0.4) is 0 Å². The van der Waals surface area contributed by atoms with Crippen molar-refractivity contribution in [3.8, 4) is 0 Å². The normalized spacial score (nSPS) is 20.2. The van der Waals surface area contributed by atoms with Crippen molar-refractivity contribution in [3.05, 3.63) is 65.2 Å². The third-order valence-corrected chi connectivity index (χ3v) is 8.10. The highest BCUT2D eigenvalue weighted by molar-refractivity contribution is 7.92. The lowest BCUT2D eigenvalue weighted by Crippen LogP contribution is -2.44. The first-order valence-corrected chi connectivity index (χ1v) is 12.7. The number of Topliss-reactive ketones (excluding diaryl/α,β-unsaturated/α-hetero) is 1. The average molecular weight is 470 g/mol. The van der Waals surface area contributed by atoms with Crippen LogP contribution in [0.1, 0.15) is 48.2 Å². The van der Waals surface area contributed by atoms with Gasteiger partial charge in [-0.05, 0) is 49.1 Å². The van der Waals surface area contributed by atoms with E-state index in [4.69, 9.17) is 0 Å². The highest BCUT2D eigenvalue weighted by Crippen LogP contribution is 2.34. The van der Waals surface area contributed by atoms with Crippen LogP contribution in [0, 0.1) is 0 Å². The van der Waals surface area contributed by atoms with Gasteiger partial charge in [0.1, 0.15) is 5.54 Å². The minimum Gasteiger partial charge on any atom is -0.319 e. The fourth-order valence-electron chi connectivity index (χ4n) is 4.60. The van der Waals surface area contributed by atoms with Crippen LogP contribution in [0.2, 0.25) is 0 Å². The Hall–Kier alpha value is -3.20. The standard InChI is InChI=1S/C24H27N3O5S/c1-3-13-24(19-8-6-5-7-9-19)22(29)26(23(30)25-24)16-21(28)18-10-11-20-17(15-18)12-14-27(20)33(31,32)4-2/h5-11,15H,3-4,12-14,16H2,1-2H3,(H,25,30). The molecule has 2 heterocycles. The molecule has 174 valence electrons. The van der Waals surface area contributed by atoms with Crippen LogP contribution < -0.4 is 9.62 Å². The Balaban J connectivity index is 1.57. The molecule has 2 aliphatic rings. The summed E-state index contributed by atoms with van der Waals surface area (Å²) < 4.78 is 25.9. The third-order valence-electron chi connectivity index (χ3n) is 6.32. The number of nitrogens with one attached hydrogen (secondary N) is 1. The molecule has 2 aliphatic heterocycles. The van der Waals surface area contributed by atoms with Gasteiger partial charge >= 0.3 is 6.03 Å². The molecule has 1 N–H and O–H groups in total. The minimum atomic E-state index is -3.38. The van der Waals surface area contributed by atoms with E-state index in [0.29, 0.717) is 42.6 Å². The quantitative estimate of drug-likeness (QED) is 0.473. The van der Waals surface area contributed by atoms with E-state index < -0.39 is 27.5 Å². The summed E-state index contributed by atoms with van der Waals surface area (Å²) in [4.78, 5) is 40.1. The Morgan fingerprint density at radius 1 is 1.09 bits per heavy atom. The topological polar surface area (TPSA) is 104 Å². The second kappa shape index (κ2) is 8.62. The maximum atomic E-state index is 13.4. The van der Waals surface area contributed by atoms with Crippen molar-refractivity contribution in [1.29, 1.82) is 0 Å². The van der Waals surface area contributed by atoms with Gasteiger partial charge in [-0.15, -0.1) is 0 Å². The molecule has 4 rings (SSSR count). The summed E-state index contributed by atoms with van der Waals surface area (Å²) in [5.74, 6) is -0.811. The van der Waals surface area contributed by atoms with Crippen LogP contribution in [0.15, 0.2) is 48.5 Å². The maximum Gasteiger partial charge on any atom is 0.325 e. The van der Waals surface area contributed by atoms with Gasteiger partial charge in [-0.25, -0.2) is 13.2 Å². The van der Waals surface area contributed by atoms with Crippen molar-refractivity contribution in [2.24, 2.45) is 0 Å². The van der Waals surface area contributed by atoms with E-state index in [2.05, 4.69) is 5.32 Å². The molecule has 2 aromatic rings. The van der Waals surface area contributed by atoms with E-state index in [1.807, 2.05) is 25.1 Å². The van der Waals surface area contributed by atoms with Gasteiger partial charge in [0.25, 0.3) is 5.91 Å². The van der Waals surface area contributed by atoms with E-state index in [0.717, 1.165) is 10.5 Å². The van der Waals surface area contributed by atoms with Gasteiger partial charge in [0.15, 0.2) is 5.78 Å². The first kappa shape index (κ1) is 23.0. The molecule has 0 bridgehead atoms. The molecule has 1 unspecified atom stereocenters. The molecule has 8 nitrogen and oxygen atoms in total. The van der Waals surface area contributed by atoms with Crippen LogP contribution in [-0.4, -0.2) is 49.9 Å². The molecule has 9 heteroatoms. The number of sulfonamides is 1. The second-order valence-corrected chi connectivity index (χ2v) is 10.5. The Labute approximate surface area is 193 Å². The number of ketones is 1. The number of rotatable bonds is 8. The predicted octanol–water partition coefficient (Wildman–Crippen LogP) is 2.83. The zero-order chi connectivity index (χ0) is 23.8. The lowest BCUT2D eigenvalue weighted by molar-refractivity contribution is -0.131. The number of fused-ring (bicyclic) bond motifs is 1. The first-order chi connectivity index (χ1) is 15.7. The Morgan fingerprint density at radius 2 is 1.82 bits per heavy atom. The lowest BCUT2D eigenvalue weighted by Gasteiger charge is -2.26. The summed E-state index contributed by atoms with van der Waals surface area (Å²) >= 11 is 0. The molecule has 3 amide bonds. The molecule has 33 heavy (non-hydrogen) atoms. The minimum absolute atomic E-state index is 0.000228. The fourth-order valence-corrected chi connectivity index (χ4v) is 5.76. The fraction of sp³-hybridized carbons (Fsp3) is 0.375. The Kier molecular flexibility index (Phi) is 6.00. The highest BCUT2D eigenvalue weighted by atomic mass is 32.2. The van der Waals surface area contributed by atoms with Crippen LogP contribution in [0.4, 0.5) is 10.5 Å². The zero-order valence-corrected chi connectivity index (χ0v) is 19.5. The van der Waals surface area contributed by atoms with Gasteiger partial charge in [0, 0.05) is 12.1 Å². The lowest BCUT2D eigenvalue weighted by atomic mass is 9.85. The number of hydrogen-bond acceptors (Lipinski definition) is 5. The summed E-state index contributed by atoms with van der Waals surface area (Å²) in [5.41, 5.74) is 1.20. The van der Waals surface area contributed by atoms with Gasteiger partial charge < -0.3 is 5.32 Å². The molecule has 1 fully saturated rings. The number of hydrogen-bond donors (Lipinski definition) is 1. The van der Waals surface area contributed by atoms with Crippen LogP contribution in [-0.2, 0) is 26.8 Å². The Morgan fingerprint density at radius 3 is 2.48 bits per heavy atom. The monoisotopic (exact) mass is 469 g/mol. The highest BCUT2D eigenvalue weighted by Gasteiger charge is 2.52. The number of carbonyl (C=O) groups excluding carboxylic acids is 3. The van der Waals surface area contributed by atoms with Crippen molar-refractivity contribution in [3.63, 3.8) is 0 Å². The molecular weight excluding hydrogens is 442 g/mol. The average Bonchev–Trinajstić information content (AvgIpc) is 3.35. The predicted molar refractivity (Wildman–Crippen MR) is 125 cm³/mol. The molecule has 1 atom stereocenters. The van der Waals surface area contributed by atoms with Crippen LogP contribution >= 0.6 is 0 Å². The number of amides is 3. The van der Waals surface area contributed by atoms with Gasteiger partial charge in [-0.1, -0.05) is 43.7 Å². The summed E-state index contributed by atoms with van der Waals surface area (Å²) in [7, 11) is -3.38. The van der Waals surface area contributed by atoms with Gasteiger partial charge in [-0.3, -0.25) is 18.8 Å².